The van der Waals surface area contributed by atoms with Gasteiger partial charge in [0.05, 0.1) is 23.2 Å². The molecule has 26 heavy (non-hydrogen) atoms. The van der Waals surface area contributed by atoms with Crippen LogP contribution >= 0.6 is 0 Å². The van der Waals surface area contributed by atoms with E-state index in [-0.39, 0.29) is 28.9 Å². The van der Waals surface area contributed by atoms with Crippen molar-refractivity contribution in [2.75, 3.05) is 16.8 Å². The fraction of sp³-hybridized carbons (Fsp3) is 0.444. The van der Waals surface area contributed by atoms with E-state index in [1.54, 1.807) is 16.8 Å². The highest BCUT2D eigenvalue weighted by atomic mass is 32.2. The lowest BCUT2D eigenvalue weighted by Crippen LogP contribution is -2.17. The number of sulfone groups is 1. The summed E-state index contributed by atoms with van der Waals surface area (Å²) in [6.07, 6.45) is 3.99. The second-order valence-electron chi connectivity index (χ2n) is 6.92. The zero-order valence-corrected chi connectivity index (χ0v) is 15.1. The molecule has 1 aliphatic heterocycles. The number of para-hydroxylation sites is 1. The predicted octanol–water partition coefficient (Wildman–Crippen LogP) is 2.51. The molecule has 2 aliphatic rings. The van der Waals surface area contributed by atoms with Crippen molar-refractivity contribution in [2.45, 2.75) is 38.1 Å². The number of hydrogen-bond donors (Lipinski definition) is 1. The lowest BCUT2D eigenvalue weighted by atomic mass is 9.95. The summed E-state index contributed by atoms with van der Waals surface area (Å²) in [4.78, 5) is 12.7. The van der Waals surface area contributed by atoms with Crippen LogP contribution in [0.1, 0.15) is 47.1 Å². The van der Waals surface area contributed by atoms with E-state index >= 15 is 0 Å². The summed E-state index contributed by atoms with van der Waals surface area (Å²) >= 11 is 0. The fourth-order valence-electron chi connectivity index (χ4n) is 3.82. The average molecular weight is 377 g/mol. The Morgan fingerprint density at radius 2 is 2.00 bits per heavy atom. The normalized spacial score (nSPS) is 21.3. The van der Waals surface area contributed by atoms with Crippen molar-refractivity contribution < 1.29 is 17.6 Å². The summed E-state index contributed by atoms with van der Waals surface area (Å²) in [6, 6.07) is 5.77. The Morgan fingerprint density at radius 3 is 2.73 bits per heavy atom. The maximum absolute atomic E-state index is 13.8. The number of fused-ring (bicyclic) bond motifs is 1. The van der Waals surface area contributed by atoms with Gasteiger partial charge in [-0.1, -0.05) is 12.1 Å². The first kappa shape index (κ1) is 17.2. The third-order valence-electron chi connectivity index (χ3n) is 5.10. The highest BCUT2D eigenvalue weighted by molar-refractivity contribution is 7.91. The molecular formula is C18H20FN3O3S. The van der Waals surface area contributed by atoms with Crippen LogP contribution in [0.2, 0.25) is 0 Å². The molecule has 138 valence electrons. The van der Waals surface area contributed by atoms with Gasteiger partial charge >= 0.3 is 0 Å². The molecule has 0 radical (unpaired) electrons. The van der Waals surface area contributed by atoms with Crippen LogP contribution in [0, 0.1) is 5.82 Å². The molecule has 1 atom stereocenters. The molecule has 0 bridgehead atoms. The molecule has 1 fully saturated rings. The zero-order valence-electron chi connectivity index (χ0n) is 14.2. The molecule has 1 amide bonds. The molecule has 8 heteroatoms. The van der Waals surface area contributed by atoms with Crippen LogP contribution in [0.5, 0.6) is 0 Å². The summed E-state index contributed by atoms with van der Waals surface area (Å²) in [7, 11) is -3.05. The van der Waals surface area contributed by atoms with Crippen LogP contribution in [0.15, 0.2) is 24.3 Å². The highest BCUT2D eigenvalue weighted by Gasteiger charge is 2.34. The summed E-state index contributed by atoms with van der Waals surface area (Å²) in [5.41, 5.74) is 2.22. The number of anilines is 1. The van der Waals surface area contributed by atoms with Gasteiger partial charge in [0.25, 0.3) is 5.91 Å². The van der Waals surface area contributed by atoms with E-state index in [1.807, 2.05) is 0 Å². The van der Waals surface area contributed by atoms with Gasteiger partial charge in [-0.3, -0.25) is 9.48 Å². The number of benzene rings is 1. The molecule has 0 spiro atoms. The number of halogens is 1. The van der Waals surface area contributed by atoms with Crippen molar-refractivity contribution in [3.63, 3.8) is 0 Å². The van der Waals surface area contributed by atoms with E-state index in [9.17, 15) is 17.6 Å². The number of nitrogens with one attached hydrogen (secondary N) is 1. The predicted molar refractivity (Wildman–Crippen MR) is 95.5 cm³/mol. The zero-order chi connectivity index (χ0) is 18.3. The Hall–Kier alpha value is -2.22. The molecule has 2 aromatic rings. The Kier molecular flexibility index (Phi) is 4.30. The van der Waals surface area contributed by atoms with Gasteiger partial charge in [0.15, 0.2) is 15.5 Å². The lowest BCUT2D eigenvalue weighted by molar-refractivity contribution is 0.102. The van der Waals surface area contributed by atoms with E-state index in [2.05, 4.69) is 10.4 Å². The molecule has 1 aromatic heterocycles. The summed E-state index contributed by atoms with van der Waals surface area (Å²) in [5, 5.41) is 7.07. The molecular weight excluding hydrogens is 357 g/mol. The summed E-state index contributed by atoms with van der Waals surface area (Å²) in [5.74, 6) is -0.734. The Labute approximate surface area is 151 Å². The monoisotopic (exact) mass is 377 g/mol. The van der Waals surface area contributed by atoms with Crippen molar-refractivity contribution in [2.24, 2.45) is 0 Å². The van der Waals surface area contributed by atoms with Crippen LogP contribution in [0.4, 0.5) is 10.1 Å². The Bertz CT molecular complexity index is 968. The van der Waals surface area contributed by atoms with Crippen LogP contribution in [0.3, 0.4) is 0 Å². The van der Waals surface area contributed by atoms with Crippen LogP contribution in [-0.4, -0.2) is 35.6 Å². The van der Waals surface area contributed by atoms with E-state index in [4.69, 9.17) is 0 Å². The highest BCUT2D eigenvalue weighted by Crippen LogP contribution is 2.31. The topological polar surface area (TPSA) is 81.1 Å². The molecule has 1 N–H and O–H groups in total. The summed E-state index contributed by atoms with van der Waals surface area (Å²) < 4.78 is 39.3. The molecule has 0 unspecified atom stereocenters. The summed E-state index contributed by atoms with van der Waals surface area (Å²) in [6.45, 7) is 0. The number of rotatable bonds is 3. The average Bonchev–Trinajstić information content (AvgIpc) is 3.17. The van der Waals surface area contributed by atoms with Crippen molar-refractivity contribution >= 4 is 21.4 Å². The minimum Gasteiger partial charge on any atom is -0.318 e. The number of carbonyl (C=O) groups is 1. The first-order valence-corrected chi connectivity index (χ1v) is 10.6. The molecule has 4 rings (SSSR count). The van der Waals surface area contributed by atoms with Gasteiger partial charge in [-0.05, 0) is 44.2 Å². The third-order valence-corrected chi connectivity index (χ3v) is 6.85. The van der Waals surface area contributed by atoms with Crippen molar-refractivity contribution in [3.05, 3.63) is 47.0 Å². The van der Waals surface area contributed by atoms with E-state index in [0.29, 0.717) is 6.42 Å². The van der Waals surface area contributed by atoms with Gasteiger partial charge in [0, 0.05) is 11.3 Å². The second-order valence-corrected chi connectivity index (χ2v) is 9.15. The van der Waals surface area contributed by atoms with Crippen molar-refractivity contribution in [1.29, 1.82) is 0 Å². The standard InChI is InChI=1S/C18H20FN3O3S/c19-14-6-2-3-7-15(14)20-18(23)17-13-5-1-4-8-16(13)22(21-17)12-9-10-26(24,25)11-12/h2-3,6-7,12H,1,4-5,8-11H2,(H,20,23)/t12-/m0/s1. The van der Waals surface area contributed by atoms with Crippen molar-refractivity contribution in [1.82, 2.24) is 9.78 Å². The minimum absolute atomic E-state index is 0.0650. The van der Waals surface area contributed by atoms with E-state index < -0.39 is 21.6 Å². The molecule has 1 aromatic carbocycles. The first-order valence-electron chi connectivity index (χ1n) is 8.81. The smallest absolute Gasteiger partial charge is 0.276 e. The Morgan fingerprint density at radius 1 is 1.23 bits per heavy atom. The first-order chi connectivity index (χ1) is 12.4. The molecule has 0 saturated carbocycles. The minimum atomic E-state index is -3.05. The number of aromatic nitrogens is 2. The van der Waals surface area contributed by atoms with Crippen molar-refractivity contribution in [3.8, 4) is 0 Å². The largest absolute Gasteiger partial charge is 0.318 e. The van der Waals surface area contributed by atoms with Crippen LogP contribution < -0.4 is 5.32 Å². The van der Waals surface area contributed by atoms with Gasteiger partial charge < -0.3 is 5.32 Å². The Balaban J connectivity index is 1.68. The number of carbonyl (C=O) groups excluding carboxylic acids is 1. The SMILES string of the molecule is O=C(Nc1ccccc1F)c1nn([C@H]2CCS(=O)(=O)C2)c2c1CCCC2. The molecule has 6 nitrogen and oxygen atoms in total. The molecule has 1 saturated heterocycles. The quantitative estimate of drug-likeness (QED) is 0.891. The maximum atomic E-state index is 13.8. The van der Waals surface area contributed by atoms with E-state index in [0.717, 1.165) is 36.9 Å². The van der Waals surface area contributed by atoms with Gasteiger partial charge in [-0.2, -0.15) is 5.10 Å². The van der Waals surface area contributed by atoms with Gasteiger partial charge in [-0.25, -0.2) is 12.8 Å². The molecule has 1 aliphatic carbocycles. The molecule has 2 heterocycles. The second kappa shape index (κ2) is 6.50. The van der Waals surface area contributed by atoms with Gasteiger partial charge in [0.2, 0.25) is 0 Å². The third kappa shape index (κ3) is 3.13. The number of hydrogen-bond acceptors (Lipinski definition) is 4. The fourth-order valence-corrected chi connectivity index (χ4v) is 5.51. The lowest BCUT2D eigenvalue weighted by Gasteiger charge is -2.17. The van der Waals surface area contributed by atoms with Crippen LogP contribution in [-0.2, 0) is 22.7 Å². The number of nitrogens with zero attached hydrogens (tertiary/aromatic N) is 2. The van der Waals surface area contributed by atoms with E-state index in [1.165, 1.54) is 12.1 Å². The van der Waals surface area contributed by atoms with Crippen LogP contribution in [0.25, 0.3) is 0 Å². The number of amides is 1. The maximum Gasteiger partial charge on any atom is 0.276 e. The van der Waals surface area contributed by atoms with Gasteiger partial charge in [-0.15, -0.1) is 0 Å². The van der Waals surface area contributed by atoms with Gasteiger partial charge in [0.1, 0.15) is 5.82 Å².